The molecule has 0 fully saturated rings. The van der Waals surface area contributed by atoms with Crippen LogP contribution >= 0.6 is 45.2 Å². The zero-order valence-electron chi connectivity index (χ0n) is 7.57. The van der Waals surface area contributed by atoms with Crippen molar-refractivity contribution < 1.29 is 13.5 Å². The van der Waals surface area contributed by atoms with Crippen molar-refractivity contribution in [3.05, 3.63) is 30.9 Å². The number of rotatable bonds is 2. The lowest BCUT2D eigenvalue weighted by molar-refractivity contribution is -0.212. The number of halogens is 2. The summed E-state index contributed by atoms with van der Waals surface area (Å²) in [6.45, 7) is 0. The molecule has 0 amide bonds. The van der Waals surface area contributed by atoms with Gasteiger partial charge in [-0.15, -0.1) is 0 Å². The van der Waals surface area contributed by atoms with Gasteiger partial charge in [0.1, 0.15) is 0 Å². The fourth-order valence-corrected chi connectivity index (χ4v) is 2.32. The zero-order chi connectivity index (χ0) is 11.6. The topological polar surface area (TPSA) is 69.6 Å². The van der Waals surface area contributed by atoms with Crippen LogP contribution in [0.3, 0.4) is 0 Å². The monoisotopic (exact) mass is 450 g/mol. The van der Waals surface area contributed by atoms with Gasteiger partial charge in [0, 0.05) is 18.6 Å². The smallest absolute Gasteiger partial charge is 0.249 e. The van der Waals surface area contributed by atoms with Crippen LogP contribution in [-0.2, 0) is 10.0 Å². The van der Waals surface area contributed by atoms with E-state index in [2.05, 4.69) is 4.40 Å². The van der Waals surface area contributed by atoms with Gasteiger partial charge in [0.25, 0.3) is 0 Å². The van der Waals surface area contributed by atoms with Crippen molar-refractivity contribution in [1.82, 2.24) is 0 Å². The largest absolute Gasteiger partial charge is 0.858 e. The minimum absolute atomic E-state index is 0.313. The van der Waals surface area contributed by atoms with Gasteiger partial charge in [-0.25, -0.2) is 8.42 Å². The molecule has 0 saturated heterocycles. The molecule has 0 heterocycles. The van der Waals surface area contributed by atoms with Crippen LogP contribution in [0.2, 0.25) is 0 Å². The quantitative estimate of drug-likeness (QED) is 0.383. The van der Waals surface area contributed by atoms with Gasteiger partial charge in [0.2, 0.25) is 10.0 Å². The summed E-state index contributed by atoms with van der Waals surface area (Å²) in [5, 5.41) is 11.5. The van der Waals surface area contributed by atoms with E-state index in [-0.39, 0.29) is 0 Å². The summed E-state index contributed by atoms with van der Waals surface area (Å²) in [6.07, 6.45) is 0.895. The molecule has 0 aliphatic rings. The van der Waals surface area contributed by atoms with Gasteiger partial charge in [-0.05, 0) is 63.4 Å². The van der Waals surface area contributed by atoms with Gasteiger partial charge in [-0.3, -0.25) is 0 Å². The minimum Gasteiger partial charge on any atom is -0.858 e. The van der Waals surface area contributed by atoms with E-state index >= 15 is 0 Å². The van der Waals surface area contributed by atoms with Crippen LogP contribution in [0, 0.1) is 7.14 Å². The van der Waals surface area contributed by atoms with Crippen LogP contribution in [0.4, 0.5) is 0 Å². The Balaban J connectivity index is 3.28. The third-order valence-corrected chi connectivity index (χ3v) is 3.52. The predicted octanol–water partition coefficient (Wildman–Crippen LogP) is 0.962. The molecule has 0 N–H and O–H groups in total. The molecule has 1 rings (SSSR count). The molecule has 0 radical (unpaired) electrons. The summed E-state index contributed by atoms with van der Waals surface area (Å²) >= 11 is 4.01. The first-order valence-electron chi connectivity index (χ1n) is 3.72. The van der Waals surface area contributed by atoms with Crippen LogP contribution < -0.4 is 5.11 Å². The molecule has 0 unspecified atom stereocenters. The Morgan fingerprint density at radius 2 is 2.00 bits per heavy atom. The highest BCUT2D eigenvalue weighted by atomic mass is 127. The second-order valence-corrected chi connectivity index (χ2v) is 6.81. The first-order valence-corrected chi connectivity index (χ1v) is 7.72. The first-order chi connectivity index (χ1) is 6.79. The highest BCUT2D eigenvalue weighted by Gasteiger charge is 2.03. The molecular formula is C8H6I2NO3S-. The van der Waals surface area contributed by atoms with Crippen LogP contribution in [0.25, 0.3) is 0 Å². The second kappa shape index (κ2) is 4.95. The Bertz CT molecular complexity index is 511. The van der Waals surface area contributed by atoms with Crippen LogP contribution in [-0.4, -0.2) is 20.6 Å². The summed E-state index contributed by atoms with van der Waals surface area (Å²) in [4.78, 5) is 0. The van der Waals surface area contributed by atoms with Crippen molar-refractivity contribution in [2.75, 3.05) is 6.26 Å². The van der Waals surface area contributed by atoms with Crippen LogP contribution in [0.1, 0.15) is 5.56 Å². The zero-order valence-corrected chi connectivity index (χ0v) is 12.7. The molecule has 0 spiro atoms. The second-order valence-electron chi connectivity index (χ2n) is 2.75. The van der Waals surface area contributed by atoms with E-state index in [9.17, 15) is 13.5 Å². The molecule has 0 aliphatic carbocycles. The predicted molar refractivity (Wildman–Crippen MR) is 73.3 cm³/mol. The van der Waals surface area contributed by atoms with E-state index in [4.69, 9.17) is 0 Å². The molecule has 15 heavy (non-hydrogen) atoms. The number of hydrogen-bond donors (Lipinski definition) is 0. The van der Waals surface area contributed by atoms with E-state index in [0.29, 0.717) is 9.13 Å². The molecule has 0 bridgehead atoms. The normalized spacial score (nSPS) is 12.9. The fraction of sp³-hybridized carbons (Fsp3) is 0.125. The van der Waals surface area contributed by atoms with E-state index in [1.807, 2.05) is 51.2 Å². The summed E-state index contributed by atoms with van der Waals surface area (Å²) in [5.41, 5.74) is 0.313. The average Bonchev–Trinajstić information content (AvgIpc) is 2.06. The lowest BCUT2D eigenvalue weighted by atomic mass is 10.2. The maximum absolute atomic E-state index is 11.5. The number of hydrogen-bond acceptors (Lipinski definition) is 3. The summed E-state index contributed by atoms with van der Waals surface area (Å²) < 4.78 is 26.3. The molecule has 0 atom stereocenters. The van der Waals surface area contributed by atoms with E-state index in [1.165, 1.54) is 0 Å². The first kappa shape index (κ1) is 13.2. The Morgan fingerprint density at radius 3 is 2.53 bits per heavy atom. The number of sulfonamides is 1. The van der Waals surface area contributed by atoms with Crippen LogP contribution in [0.15, 0.2) is 22.6 Å². The number of benzene rings is 1. The van der Waals surface area contributed by atoms with Gasteiger partial charge in [0.15, 0.2) is 0 Å². The molecule has 7 heteroatoms. The molecule has 0 saturated carbocycles. The van der Waals surface area contributed by atoms with E-state index in [0.717, 1.165) is 9.83 Å². The molecular weight excluding hydrogens is 444 g/mol. The standard InChI is InChI=1S/C8H7I2NO3S/c1-15(13,14)11-8(12)6-4-5(9)2-3-7(6)10/h2-4H,1H3,(H,11,12)/p-1. The van der Waals surface area contributed by atoms with Gasteiger partial charge < -0.3 is 5.11 Å². The Morgan fingerprint density at radius 1 is 1.40 bits per heavy atom. The Hall–Kier alpha value is 0.1000. The van der Waals surface area contributed by atoms with Crippen molar-refractivity contribution in [2.24, 2.45) is 4.40 Å². The number of nitrogens with zero attached hydrogens (tertiary/aromatic N) is 1. The van der Waals surface area contributed by atoms with Crippen molar-refractivity contribution in [3.8, 4) is 0 Å². The van der Waals surface area contributed by atoms with E-state index in [1.54, 1.807) is 12.1 Å². The third-order valence-electron chi connectivity index (χ3n) is 1.41. The van der Waals surface area contributed by atoms with Gasteiger partial charge in [-0.1, -0.05) is 0 Å². The molecule has 0 aliphatic heterocycles. The summed E-state index contributed by atoms with van der Waals surface area (Å²) in [6, 6.07) is 5.19. The van der Waals surface area contributed by atoms with Crippen molar-refractivity contribution >= 4 is 61.1 Å². The van der Waals surface area contributed by atoms with Gasteiger partial charge >= 0.3 is 0 Å². The summed E-state index contributed by atoms with van der Waals surface area (Å²) in [5.74, 6) is -0.722. The molecule has 4 nitrogen and oxygen atoms in total. The third kappa shape index (κ3) is 4.23. The Kier molecular flexibility index (Phi) is 4.35. The molecule has 82 valence electrons. The van der Waals surface area contributed by atoms with Crippen molar-refractivity contribution in [1.29, 1.82) is 0 Å². The minimum atomic E-state index is -3.63. The molecule has 1 aromatic carbocycles. The maximum atomic E-state index is 11.5. The van der Waals surface area contributed by atoms with Gasteiger partial charge in [0.05, 0.1) is 6.26 Å². The summed E-state index contributed by atoms with van der Waals surface area (Å²) in [7, 11) is -3.63. The molecule has 1 aromatic rings. The highest BCUT2D eigenvalue weighted by molar-refractivity contribution is 14.1. The van der Waals surface area contributed by atoms with E-state index < -0.39 is 15.9 Å². The van der Waals surface area contributed by atoms with Crippen LogP contribution in [0.5, 0.6) is 0 Å². The molecule has 0 aromatic heterocycles. The van der Waals surface area contributed by atoms with Crippen molar-refractivity contribution in [3.63, 3.8) is 0 Å². The SMILES string of the molecule is CS(=O)(=O)/N=C(\[O-])c1cc(I)ccc1I. The van der Waals surface area contributed by atoms with Crippen molar-refractivity contribution in [2.45, 2.75) is 0 Å². The average molecular weight is 450 g/mol. The highest BCUT2D eigenvalue weighted by Crippen LogP contribution is 2.15. The maximum Gasteiger partial charge on any atom is 0.249 e. The fourth-order valence-electron chi connectivity index (χ4n) is 0.861. The van der Waals surface area contributed by atoms with Gasteiger partial charge in [-0.2, -0.15) is 4.40 Å². The Labute approximate surface area is 115 Å². The lowest BCUT2D eigenvalue weighted by Crippen LogP contribution is -2.21. The lowest BCUT2D eigenvalue weighted by Gasteiger charge is -2.12.